The molecule has 0 unspecified atom stereocenters. The third-order valence-electron chi connectivity index (χ3n) is 8.25. The van der Waals surface area contributed by atoms with Gasteiger partial charge in [-0.15, -0.1) is 0 Å². The number of benzene rings is 2. The molecule has 1 aromatic heterocycles. The fraction of sp³-hybridized carbons (Fsp3) is 0.323. The minimum atomic E-state index is -2.83. The number of nitriles is 1. The molecule has 10 heteroatoms. The molecule has 2 heterocycles. The zero-order valence-corrected chi connectivity index (χ0v) is 22.1. The summed E-state index contributed by atoms with van der Waals surface area (Å²) in [7, 11) is 0. The number of nitrogens with zero attached hydrogens (tertiary/aromatic N) is 4. The van der Waals surface area contributed by atoms with Crippen LogP contribution in [0.4, 0.5) is 20.3 Å². The number of fused-ring (bicyclic) bond motifs is 1. The Morgan fingerprint density at radius 3 is 2.51 bits per heavy atom. The van der Waals surface area contributed by atoms with Crippen LogP contribution in [0.1, 0.15) is 48.8 Å². The van der Waals surface area contributed by atoms with Crippen LogP contribution < -0.4 is 15.1 Å². The first kappa shape index (κ1) is 26.6. The molecule has 3 aromatic rings. The fourth-order valence-electron chi connectivity index (χ4n) is 6.32. The van der Waals surface area contributed by atoms with Crippen molar-refractivity contribution in [1.82, 2.24) is 10.3 Å². The summed E-state index contributed by atoms with van der Waals surface area (Å²) >= 11 is 0. The van der Waals surface area contributed by atoms with Crippen molar-refractivity contribution in [3.05, 3.63) is 89.6 Å². The van der Waals surface area contributed by atoms with E-state index in [9.17, 15) is 28.4 Å². The van der Waals surface area contributed by atoms with Gasteiger partial charge in [0.25, 0.3) is 17.7 Å². The van der Waals surface area contributed by atoms with Crippen LogP contribution >= 0.6 is 0 Å². The number of nitrogens with one attached hydrogen (secondary N) is 1. The molecule has 1 saturated heterocycles. The van der Waals surface area contributed by atoms with E-state index in [1.54, 1.807) is 42.5 Å². The number of carbonyl (C=O) groups excluding carboxylic acids is 3. The van der Waals surface area contributed by atoms with E-state index in [1.807, 2.05) is 18.2 Å². The van der Waals surface area contributed by atoms with Gasteiger partial charge < -0.3 is 5.32 Å². The quantitative estimate of drug-likeness (QED) is 0.490. The maximum atomic E-state index is 14.7. The zero-order valence-electron chi connectivity index (χ0n) is 22.1. The lowest BCUT2D eigenvalue weighted by atomic mass is 9.83. The van der Waals surface area contributed by atoms with Gasteiger partial charge in [-0.3, -0.25) is 24.2 Å². The average Bonchev–Trinajstić information content (AvgIpc) is 3.54. The smallest absolute Gasteiger partial charge is 0.252 e. The van der Waals surface area contributed by atoms with Crippen molar-refractivity contribution >= 4 is 29.2 Å². The van der Waals surface area contributed by atoms with Gasteiger partial charge in [0, 0.05) is 37.2 Å². The van der Waals surface area contributed by atoms with Crippen molar-refractivity contribution < 1.29 is 23.2 Å². The van der Waals surface area contributed by atoms with E-state index in [4.69, 9.17) is 0 Å². The topological polar surface area (TPSA) is 106 Å². The molecule has 2 atom stereocenters. The van der Waals surface area contributed by atoms with E-state index in [0.717, 1.165) is 5.56 Å². The molecule has 2 aromatic carbocycles. The number of halogens is 2. The SMILES string of the molecule is N#Cc1ccnc(N2C(=O)CC[C@H]2C(=O)N(c2ccccc2)[C@@]2(C(=O)NC3CC(F)(F)C3)CCc3ccccc32)c1. The number of carbonyl (C=O) groups is 3. The molecule has 0 spiro atoms. The lowest BCUT2D eigenvalue weighted by Gasteiger charge is -2.45. The minimum absolute atomic E-state index is 0.0877. The number of para-hydroxylation sites is 1. The Hall–Kier alpha value is -4.65. The van der Waals surface area contributed by atoms with E-state index in [-0.39, 0.29) is 31.0 Å². The van der Waals surface area contributed by atoms with Gasteiger partial charge in [-0.25, -0.2) is 13.8 Å². The molecule has 2 aliphatic carbocycles. The first-order valence-corrected chi connectivity index (χ1v) is 13.6. The molecular formula is C31H27F2N5O3. The van der Waals surface area contributed by atoms with Gasteiger partial charge in [-0.05, 0) is 54.7 Å². The molecule has 1 saturated carbocycles. The van der Waals surface area contributed by atoms with E-state index in [0.29, 0.717) is 23.2 Å². The van der Waals surface area contributed by atoms with Gasteiger partial charge in [0.05, 0.1) is 11.6 Å². The summed E-state index contributed by atoms with van der Waals surface area (Å²) in [6, 6.07) is 19.4. The third kappa shape index (κ3) is 4.51. The molecule has 208 valence electrons. The van der Waals surface area contributed by atoms with E-state index in [1.165, 1.54) is 28.1 Å². The number of hydrogen-bond acceptors (Lipinski definition) is 5. The summed E-state index contributed by atoms with van der Waals surface area (Å²) in [6.07, 6.45) is 1.51. The van der Waals surface area contributed by atoms with Crippen molar-refractivity contribution in [2.45, 2.75) is 62.1 Å². The van der Waals surface area contributed by atoms with Gasteiger partial charge in [0.1, 0.15) is 11.9 Å². The Kier molecular flexibility index (Phi) is 6.53. The van der Waals surface area contributed by atoms with Crippen LogP contribution in [-0.2, 0) is 26.3 Å². The van der Waals surface area contributed by atoms with Crippen LogP contribution in [0.5, 0.6) is 0 Å². The predicted molar refractivity (Wildman–Crippen MR) is 146 cm³/mol. The Bertz CT molecular complexity index is 1570. The lowest BCUT2D eigenvalue weighted by molar-refractivity contribution is -0.137. The highest BCUT2D eigenvalue weighted by atomic mass is 19.3. The van der Waals surface area contributed by atoms with Crippen molar-refractivity contribution in [1.29, 1.82) is 5.26 Å². The largest absolute Gasteiger partial charge is 0.351 e. The second kappa shape index (κ2) is 10.1. The van der Waals surface area contributed by atoms with Crippen molar-refractivity contribution in [3.63, 3.8) is 0 Å². The van der Waals surface area contributed by atoms with E-state index < -0.39 is 48.2 Å². The number of anilines is 2. The summed E-state index contributed by atoms with van der Waals surface area (Å²) in [5, 5.41) is 12.2. The molecule has 2 fully saturated rings. The van der Waals surface area contributed by atoms with Crippen LogP contribution in [0.2, 0.25) is 0 Å². The lowest BCUT2D eigenvalue weighted by Crippen LogP contribution is -2.64. The Balaban J connectivity index is 1.47. The summed E-state index contributed by atoms with van der Waals surface area (Å²) < 4.78 is 27.4. The first-order valence-electron chi connectivity index (χ1n) is 13.6. The van der Waals surface area contributed by atoms with Crippen LogP contribution in [0.25, 0.3) is 0 Å². The Morgan fingerprint density at radius 2 is 1.78 bits per heavy atom. The van der Waals surface area contributed by atoms with E-state index in [2.05, 4.69) is 10.3 Å². The summed E-state index contributed by atoms with van der Waals surface area (Å²) in [5.41, 5.74) is 0.721. The number of rotatable bonds is 6. The fourth-order valence-corrected chi connectivity index (χ4v) is 6.32. The maximum Gasteiger partial charge on any atom is 0.252 e. The summed E-state index contributed by atoms with van der Waals surface area (Å²) in [5.74, 6) is -3.98. The standard InChI is InChI=1S/C31H27F2N5O3/c32-30(33)17-22(18-30)36-29(41)31(14-12-21-6-4-5-9-24(21)31)38(23-7-2-1-3-8-23)28(40)25-10-11-27(39)37(25)26-16-20(19-34)13-15-35-26/h1-9,13,15-16,22,25H,10-12,14,17-18H2,(H,36,41)/t25-,31-/m0/s1. The van der Waals surface area contributed by atoms with E-state index >= 15 is 0 Å². The number of hydrogen-bond donors (Lipinski definition) is 1. The van der Waals surface area contributed by atoms with Crippen LogP contribution in [-0.4, -0.2) is 40.7 Å². The number of alkyl halides is 2. The van der Waals surface area contributed by atoms with Gasteiger partial charge in [-0.2, -0.15) is 5.26 Å². The van der Waals surface area contributed by atoms with Crippen LogP contribution in [0, 0.1) is 11.3 Å². The monoisotopic (exact) mass is 555 g/mol. The van der Waals surface area contributed by atoms with Crippen molar-refractivity contribution in [2.75, 3.05) is 9.80 Å². The maximum absolute atomic E-state index is 14.7. The van der Waals surface area contributed by atoms with Gasteiger partial charge in [0.15, 0.2) is 5.54 Å². The molecule has 41 heavy (non-hydrogen) atoms. The molecule has 6 rings (SSSR count). The molecule has 3 amide bonds. The average molecular weight is 556 g/mol. The van der Waals surface area contributed by atoms with Crippen LogP contribution in [0.15, 0.2) is 72.9 Å². The van der Waals surface area contributed by atoms with Crippen LogP contribution in [0.3, 0.4) is 0 Å². The Labute approximate surface area is 235 Å². The highest BCUT2D eigenvalue weighted by Gasteiger charge is 2.56. The highest BCUT2D eigenvalue weighted by Crippen LogP contribution is 2.46. The molecule has 1 aliphatic heterocycles. The second-order valence-electron chi connectivity index (χ2n) is 10.8. The number of aryl methyl sites for hydroxylation is 1. The van der Waals surface area contributed by atoms with Crippen molar-refractivity contribution in [3.8, 4) is 6.07 Å². The summed E-state index contributed by atoms with van der Waals surface area (Å²) in [4.78, 5) is 49.2. The Morgan fingerprint density at radius 1 is 1.05 bits per heavy atom. The molecular weight excluding hydrogens is 528 g/mol. The normalized spacial score (nSPS) is 22.9. The predicted octanol–water partition coefficient (Wildman–Crippen LogP) is 4.24. The number of aromatic nitrogens is 1. The molecule has 3 aliphatic rings. The molecule has 8 nitrogen and oxygen atoms in total. The molecule has 0 bridgehead atoms. The van der Waals surface area contributed by atoms with Gasteiger partial charge in [-0.1, -0.05) is 42.5 Å². The molecule has 1 N–H and O–H groups in total. The third-order valence-corrected chi connectivity index (χ3v) is 8.25. The second-order valence-corrected chi connectivity index (χ2v) is 10.8. The minimum Gasteiger partial charge on any atom is -0.351 e. The van der Waals surface area contributed by atoms with Crippen molar-refractivity contribution in [2.24, 2.45) is 0 Å². The zero-order chi connectivity index (χ0) is 28.8. The number of pyridine rings is 1. The first-order chi connectivity index (χ1) is 19.7. The number of amides is 3. The van der Waals surface area contributed by atoms with Gasteiger partial charge in [0.2, 0.25) is 5.91 Å². The summed E-state index contributed by atoms with van der Waals surface area (Å²) in [6.45, 7) is 0. The highest BCUT2D eigenvalue weighted by molar-refractivity contribution is 6.12. The van der Waals surface area contributed by atoms with Gasteiger partial charge >= 0.3 is 0 Å². The molecule has 0 radical (unpaired) electrons.